The van der Waals surface area contributed by atoms with E-state index in [2.05, 4.69) is 39.0 Å². The summed E-state index contributed by atoms with van der Waals surface area (Å²) in [6.07, 6.45) is 5.55. The van der Waals surface area contributed by atoms with Crippen molar-refractivity contribution in [2.24, 2.45) is 5.92 Å². The molecule has 0 saturated carbocycles. The topological polar surface area (TPSA) is 31.5 Å². The average Bonchev–Trinajstić information content (AvgIpc) is 3.29. The Morgan fingerprint density at radius 3 is 2.83 bits per heavy atom. The zero-order valence-corrected chi connectivity index (χ0v) is 14.1. The second-order valence-electron chi connectivity index (χ2n) is 8.07. The van der Waals surface area contributed by atoms with Gasteiger partial charge in [-0.3, -0.25) is 9.80 Å². The molecule has 1 aromatic carbocycles. The molecular formula is C20H25N3O. The van der Waals surface area contributed by atoms with Crippen LogP contribution in [0, 0.1) is 5.92 Å². The maximum absolute atomic E-state index is 5.75. The van der Waals surface area contributed by atoms with Gasteiger partial charge in [0.2, 0.25) is 0 Å². The fourth-order valence-electron chi connectivity index (χ4n) is 6.07. The molecule has 0 radical (unpaired) electrons. The van der Waals surface area contributed by atoms with Gasteiger partial charge in [0.1, 0.15) is 0 Å². The number of hydrogen-bond donors (Lipinski definition) is 1. The Morgan fingerprint density at radius 1 is 1.12 bits per heavy atom. The molecule has 4 heteroatoms. The van der Waals surface area contributed by atoms with Gasteiger partial charge in [0.25, 0.3) is 0 Å². The molecule has 2 aromatic rings. The molecule has 1 aromatic heterocycles. The largest absolute Gasteiger partial charge is 0.381 e. The Labute approximate surface area is 142 Å². The number of hydrogen-bond acceptors (Lipinski definition) is 3. The number of para-hydroxylation sites is 1. The summed E-state index contributed by atoms with van der Waals surface area (Å²) < 4.78 is 5.75. The summed E-state index contributed by atoms with van der Waals surface area (Å²) in [5.41, 5.74) is 4.71. The van der Waals surface area contributed by atoms with Crippen LogP contribution in [0.5, 0.6) is 0 Å². The van der Waals surface area contributed by atoms with Crippen molar-refractivity contribution in [3.8, 4) is 0 Å². The van der Waals surface area contributed by atoms with E-state index in [9.17, 15) is 0 Å². The highest BCUT2D eigenvalue weighted by Gasteiger charge is 2.56. The number of fused-ring (bicyclic) bond motifs is 5. The normalized spacial score (nSPS) is 38.4. The quantitative estimate of drug-likeness (QED) is 0.875. The van der Waals surface area contributed by atoms with Gasteiger partial charge in [-0.25, -0.2) is 0 Å². The molecule has 4 fully saturated rings. The lowest BCUT2D eigenvalue weighted by Gasteiger charge is -2.63. The van der Waals surface area contributed by atoms with Crippen molar-refractivity contribution in [3.63, 3.8) is 0 Å². The molecule has 2 atom stereocenters. The molecule has 1 N–H and O–H groups in total. The first-order chi connectivity index (χ1) is 11.9. The maximum Gasteiger partial charge on any atom is 0.0682 e. The van der Waals surface area contributed by atoms with Crippen LogP contribution in [0.2, 0.25) is 0 Å². The van der Waals surface area contributed by atoms with Gasteiger partial charge in [-0.1, -0.05) is 18.2 Å². The maximum atomic E-state index is 5.75. The minimum atomic E-state index is 0.245. The third-order valence-corrected chi connectivity index (χ3v) is 7.14. The molecule has 4 nitrogen and oxygen atoms in total. The Morgan fingerprint density at radius 2 is 2.00 bits per heavy atom. The number of benzene rings is 1. The summed E-state index contributed by atoms with van der Waals surface area (Å²) in [5, 5.41) is 1.45. The van der Waals surface area contributed by atoms with Crippen molar-refractivity contribution in [1.29, 1.82) is 0 Å². The van der Waals surface area contributed by atoms with Crippen LogP contribution < -0.4 is 0 Å². The van der Waals surface area contributed by atoms with E-state index in [4.69, 9.17) is 4.74 Å². The van der Waals surface area contributed by atoms with Crippen LogP contribution in [0.4, 0.5) is 0 Å². The second kappa shape index (κ2) is 4.84. The monoisotopic (exact) mass is 323 g/mol. The smallest absolute Gasteiger partial charge is 0.0682 e. The molecule has 1 spiro atoms. The van der Waals surface area contributed by atoms with Gasteiger partial charge < -0.3 is 9.72 Å². The van der Waals surface area contributed by atoms with Crippen molar-refractivity contribution in [2.45, 2.75) is 37.4 Å². The van der Waals surface area contributed by atoms with Gasteiger partial charge in [0.05, 0.1) is 18.3 Å². The van der Waals surface area contributed by atoms with E-state index in [1.807, 2.05) is 0 Å². The third kappa shape index (κ3) is 1.64. The summed E-state index contributed by atoms with van der Waals surface area (Å²) in [6.45, 7) is 5.59. The first-order valence-electron chi connectivity index (χ1n) is 9.55. The highest BCUT2D eigenvalue weighted by Crippen LogP contribution is 2.51. The number of ether oxygens (including phenoxy) is 1. The van der Waals surface area contributed by atoms with Crippen molar-refractivity contribution in [3.05, 3.63) is 35.5 Å². The molecule has 2 bridgehead atoms. The third-order valence-electron chi connectivity index (χ3n) is 7.14. The van der Waals surface area contributed by atoms with Gasteiger partial charge in [0.15, 0.2) is 0 Å². The van der Waals surface area contributed by atoms with Crippen LogP contribution in [-0.4, -0.2) is 53.8 Å². The minimum Gasteiger partial charge on any atom is -0.381 e. The molecule has 0 aliphatic carbocycles. The number of nitrogens with zero attached hydrogens (tertiary/aromatic N) is 2. The Hall–Kier alpha value is -1.36. The SMILES string of the molecule is c1ccc2c3c([nH]c2c1)C12CCN(CC1)[C@H]([C@@H]1CCOC1)N2CC3. The highest BCUT2D eigenvalue weighted by atomic mass is 16.5. The summed E-state index contributed by atoms with van der Waals surface area (Å²) in [7, 11) is 0. The van der Waals surface area contributed by atoms with Crippen LogP contribution in [0.15, 0.2) is 24.3 Å². The Bertz CT molecular complexity index is 781. The van der Waals surface area contributed by atoms with Crippen LogP contribution in [-0.2, 0) is 16.7 Å². The fraction of sp³-hybridized carbons (Fsp3) is 0.600. The number of aromatic amines is 1. The van der Waals surface area contributed by atoms with E-state index in [1.54, 1.807) is 11.3 Å². The average molecular weight is 323 g/mol. The lowest BCUT2D eigenvalue weighted by Crippen LogP contribution is -2.71. The number of aromatic nitrogens is 1. The van der Waals surface area contributed by atoms with Gasteiger partial charge in [-0.05, 0) is 37.3 Å². The van der Waals surface area contributed by atoms with E-state index in [0.717, 1.165) is 13.2 Å². The molecule has 5 aliphatic rings. The van der Waals surface area contributed by atoms with Crippen molar-refractivity contribution in [1.82, 2.24) is 14.8 Å². The van der Waals surface area contributed by atoms with Gasteiger partial charge in [-0.2, -0.15) is 0 Å². The molecular weight excluding hydrogens is 298 g/mol. The lowest BCUT2D eigenvalue weighted by atomic mass is 9.73. The minimum absolute atomic E-state index is 0.245. The second-order valence-corrected chi connectivity index (χ2v) is 8.07. The van der Waals surface area contributed by atoms with Gasteiger partial charge in [-0.15, -0.1) is 0 Å². The van der Waals surface area contributed by atoms with E-state index in [0.29, 0.717) is 12.1 Å². The summed E-state index contributed by atoms with van der Waals surface area (Å²) >= 11 is 0. The molecule has 24 heavy (non-hydrogen) atoms. The molecule has 6 heterocycles. The summed E-state index contributed by atoms with van der Waals surface area (Å²) in [4.78, 5) is 9.45. The lowest BCUT2D eigenvalue weighted by molar-refractivity contribution is -0.165. The molecule has 7 rings (SSSR count). The molecule has 0 amide bonds. The van der Waals surface area contributed by atoms with Crippen LogP contribution in [0.3, 0.4) is 0 Å². The van der Waals surface area contributed by atoms with Gasteiger partial charge >= 0.3 is 0 Å². The van der Waals surface area contributed by atoms with E-state index in [-0.39, 0.29) is 5.54 Å². The molecule has 0 unspecified atom stereocenters. The molecule has 126 valence electrons. The highest BCUT2D eigenvalue weighted by molar-refractivity contribution is 5.85. The number of nitrogens with one attached hydrogen (secondary N) is 1. The van der Waals surface area contributed by atoms with Crippen LogP contribution in [0.25, 0.3) is 10.9 Å². The predicted molar refractivity (Wildman–Crippen MR) is 93.9 cm³/mol. The zero-order valence-electron chi connectivity index (χ0n) is 14.1. The fourth-order valence-corrected chi connectivity index (χ4v) is 6.07. The van der Waals surface area contributed by atoms with Crippen molar-refractivity contribution < 1.29 is 4.74 Å². The van der Waals surface area contributed by atoms with E-state index < -0.39 is 0 Å². The Balaban J connectivity index is 1.51. The van der Waals surface area contributed by atoms with Crippen molar-refractivity contribution >= 4 is 10.9 Å². The Kier molecular flexibility index (Phi) is 2.80. The number of rotatable bonds is 1. The zero-order chi connectivity index (χ0) is 15.7. The first-order valence-corrected chi connectivity index (χ1v) is 9.55. The first kappa shape index (κ1) is 13.9. The number of H-pyrrole nitrogens is 1. The molecule has 5 aliphatic heterocycles. The summed E-state index contributed by atoms with van der Waals surface area (Å²) in [6, 6.07) is 8.89. The van der Waals surface area contributed by atoms with Crippen LogP contribution >= 0.6 is 0 Å². The molecule has 4 saturated heterocycles. The summed E-state index contributed by atoms with van der Waals surface area (Å²) in [5.74, 6) is 0.691. The predicted octanol–water partition coefficient (Wildman–Crippen LogP) is 2.69. The van der Waals surface area contributed by atoms with E-state index in [1.165, 1.54) is 56.2 Å². The number of piperidine rings is 1. The van der Waals surface area contributed by atoms with Crippen LogP contribution in [0.1, 0.15) is 30.5 Å². The standard InChI is InChI=1S/C20H25N3O/c1-2-4-17-15(3-1)16-5-9-23-19(14-6-12-24-13-14)22-10-7-20(23,8-11-22)18(16)21-17/h1-4,14,19,21H,5-13H2/t14-,19+/m1/s1. The van der Waals surface area contributed by atoms with Crippen molar-refractivity contribution in [2.75, 3.05) is 32.8 Å². The van der Waals surface area contributed by atoms with E-state index >= 15 is 0 Å². The van der Waals surface area contributed by atoms with Gasteiger partial charge in [0, 0.05) is 48.8 Å².